The van der Waals surface area contributed by atoms with Crippen LogP contribution in [0.15, 0.2) is 30.3 Å². The SMILES string of the molecule is Cc1cc(Cl)cc(CN2CCC(C#N)(COc3cc(F)c(C(=O)N4CCC(F)C4)cc3C3CC3)CC2)c1.O=CO. The molecule has 1 N–H and O–H groups in total. The molecule has 2 aromatic rings. The van der Waals surface area contributed by atoms with Crippen molar-refractivity contribution in [3.05, 3.63) is 63.4 Å². The number of hydrogen-bond donors (Lipinski definition) is 1. The highest BCUT2D eigenvalue weighted by Crippen LogP contribution is 2.46. The summed E-state index contributed by atoms with van der Waals surface area (Å²) in [4.78, 5) is 24.9. The molecule has 1 aliphatic carbocycles. The van der Waals surface area contributed by atoms with E-state index >= 15 is 4.39 Å². The van der Waals surface area contributed by atoms with Gasteiger partial charge in [0.15, 0.2) is 0 Å². The molecule has 7 nitrogen and oxygen atoms in total. The number of carboxylic acid groups (broad SMARTS) is 1. The molecule has 3 fully saturated rings. The fourth-order valence-electron chi connectivity index (χ4n) is 5.45. The quantitative estimate of drug-likeness (QED) is 0.425. The van der Waals surface area contributed by atoms with Crippen LogP contribution in [0.3, 0.4) is 0 Å². The summed E-state index contributed by atoms with van der Waals surface area (Å²) in [6, 6.07) is 11.4. The van der Waals surface area contributed by atoms with Crippen LogP contribution < -0.4 is 4.74 Å². The van der Waals surface area contributed by atoms with Crippen molar-refractivity contribution in [2.75, 3.05) is 32.8 Å². The van der Waals surface area contributed by atoms with Gasteiger partial charge in [-0.25, -0.2) is 8.78 Å². The molecule has 1 atom stereocenters. The zero-order valence-electron chi connectivity index (χ0n) is 22.5. The van der Waals surface area contributed by atoms with E-state index in [1.807, 2.05) is 19.1 Å². The largest absolute Gasteiger partial charge is 0.492 e. The topological polar surface area (TPSA) is 93.9 Å². The molecular formula is C30H34ClF2N3O4. The van der Waals surface area contributed by atoms with Gasteiger partial charge >= 0.3 is 0 Å². The number of alkyl halides is 1. The second-order valence-corrected chi connectivity index (χ2v) is 11.4. The smallest absolute Gasteiger partial charge is 0.290 e. The van der Waals surface area contributed by atoms with Crippen LogP contribution in [0.5, 0.6) is 5.75 Å². The number of nitriles is 1. The lowest BCUT2D eigenvalue weighted by Gasteiger charge is -2.37. The monoisotopic (exact) mass is 573 g/mol. The minimum absolute atomic E-state index is 0.00785. The van der Waals surface area contributed by atoms with Gasteiger partial charge in [-0.15, -0.1) is 0 Å². The van der Waals surface area contributed by atoms with Gasteiger partial charge in [0.2, 0.25) is 0 Å². The van der Waals surface area contributed by atoms with E-state index in [2.05, 4.69) is 17.0 Å². The van der Waals surface area contributed by atoms with Crippen LogP contribution in [0.2, 0.25) is 5.02 Å². The van der Waals surface area contributed by atoms with Crippen LogP contribution in [0.25, 0.3) is 0 Å². The fourth-order valence-corrected chi connectivity index (χ4v) is 5.76. The third-order valence-electron chi connectivity index (χ3n) is 7.83. The minimum Gasteiger partial charge on any atom is -0.492 e. The van der Waals surface area contributed by atoms with E-state index in [1.165, 1.54) is 11.0 Å². The fraction of sp³-hybridized carbons (Fsp3) is 0.500. The molecule has 0 aromatic heterocycles. The van der Waals surface area contributed by atoms with Crippen molar-refractivity contribution >= 4 is 24.0 Å². The predicted molar refractivity (Wildman–Crippen MR) is 147 cm³/mol. The van der Waals surface area contributed by atoms with Crippen LogP contribution in [0.1, 0.15) is 65.1 Å². The Balaban J connectivity index is 0.00000118. The summed E-state index contributed by atoms with van der Waals surface area (Å²) in [6.45, 7) is 4.54. The number of amides is 1. The van der Waals surface area contributed by atoms with Gasteiger partial charge in [-0.2, -0.15) is 5.26 Å². The number of halogens is 3. The molecule has 0 radical (unpaired) electrons. The number of carbonyl (C=O) groups excluding carboxylic acids is 1. The van der Waals surface area contributed by atoms with Gasteiger partial charge in [0.25, 0.3) is 12.4 Å². The number of piperidine rings is 1. The van der Waals surface area contributed by atoms with Gasteiger partial charge in [-0.3, -0.25) is 14.5 Å². The van der Waals surface area contributed by atoms with Crippen LogP contribution >= 0.6 is 11.6 Å². The molecule has 1 saturated carbocycles. The number of likely N-dealkylation sites (tertiary alicyclic amines) is 2. The van der Waals surface area contributed by atoms with Crippen molar-refractivity contribution in [1.82, 2.24) is 9.80 Å². The van der Waals surface area contributed by atoms with E-state index in [4.69, 9.17) is 26.2 Å². The van der Waals surface area contributed by atoms with Crippen LogP contribution in [-0.4, -0.2) is 66.2 Å². The number of aryl methyl sites for hydroxylation is 1. The summed E-state index contributed by atoms with van der Waals surface area (Å²) in [5, 5.41) is 17.7. The molecule has 2 saturated heterocycles. The van der Waals surface area contributed by atoms with Crippen molar-refractivity contribution in [2.24, 2.45) is 5.41 Å². The van der Waals surface area contributed by atoms with Gasteiger partial charge in [0, 0.05) is 37.3 Å². The molecule has 1 unspecified atom stereocenters. The second-order valence-electron chi connectivity index (χ2n) is 11.0. The number of ether oxygens (including phenoxy) is 1. The van der Waals surface area contributed by atoms with Gasteiger partial charge in [0.05, 0.1) is 23.6 Å². The number of rotatable bonds is 7. The van der Waals surface area contributed by atoms with E-state index in [1.54, 1.807) is 6.07 Å². The molecule has 1 amide bonds. The number of hydrogen-bond acceptors (Lipinski definition) is 5. The molecule has 2 aliphatic heterocycles. The summed E-state index contributed by atoms with van der Waals surface area (Å²) in [5.41, 5.74) is 2.40. The Morgan fingerprint density at radius 1 is 1.20 bits per heavy atom. The first kappa shape index (κ1) is 29.8. The van der Waals surface area contributed by atoms with Crippen molar-refractivity contribution < 1.29 is 28.2 Å². The van der Waals surface area contributed by atoms with Crippen molar-refractivity contribution in [2.45, 2.75) is 57.7 Å². The Morgan fingerprint density at radius 2 is 1.90 bits per heavy atom. The van der Waals surface area contributed by atoms with Crippen molar-refractivity contribution in [3.63, 3.8) is 0 Å². The molecule has 0 spiro atoms. The van der Waals surface area contributed by atoms with E-state index in [0.717, 1.165) is 54.2 Å². The summed E-state index contributed by atoms with van der Waals surface area (Å²) in [5.74, 6) is -0.505. The average molecular weight is 574 g/mol. The maximum Gasteiger partial charge on any atom is 0.290 e. The molecule has 0 bridgehead atoms. The standard InChI is InChI=1S/C29H32ClF2N3O2.CH2O2/c1-19-10-20(12-22(30)11-19)15-34-8-5-29(17-33,6-9-34)18-37-27-14-26(32)25(13-24(27)21-2-3-21)28(36)35-7-4-23(31)16-35;2-1-3/h10-14,21,23H,2-9,15-16,18H2,1H3;1H,(H,2,3). The first-order valence-corrected chi connectivity index (χ1v) is 13.9. The molecule has 5 rings (SSSR count). The number of carbonyl (C=O) groups is 2. The molecule has 3 aliphatic rings. The molecule has 40 heavy (non-hydrogen) atoms. The highest BCUT2D eigenvalue weighted by Gasteiger charge is 2.37. The van der Waals surface area contributed by atoms with Crippen LogP contribution in [0, 0.1) is 29.5 Å². The van der Waals surface area contributed by atoms with Gasteiger partial charge in [0.1, 0.15) is 24.3 Å². The lowest BCUT2D eigenvalue weighted by Crippen LogP contribution is -2.42. The van der Waals surface area contributed by atoms with Crippen molar-refractivity contribution in [3.8, 4) is 11.8 Å². The first-order chi connectivity index (χ1) is 19.2. The zero-order valence-corrected chi connectivity index (χ0v) is 23.3. The summed E-state index contributed by atoms with van der Waals surface area (Å²) in [6.07, 6.45) is 2.44. The molecule has 214 valence electrons. The second kappa shape index (κ2) is 13.0. The van der Waals surface area contributed by atoms with Crippen LogP contribution in [-0.2, 0) is 11.3 Å². The highest BCUT2D eigenvalue weighted by atomic mass is 35.5. The zero-order chi connectivity index (χ0) is 28.9. The number of benzene rings is 2. The number of nitrogens with zero attached hydrogens (tertiary/aromatic N) is 3. The van der Waals surface area contributed by atoms with E-state index in [9.17, 15) is 14.4 Å². The normalized spacial score (nSPS) is 20.3. The maximum absolute atomic E-state index is 15.1. The summed E-state index contributed by atoms with van der Waals surface area (Å²) >= 11 is 6.21. The lowest BCUT2D eigenvalue weighted by molar-refractivity contribution is -0.122. The summed E-state index contributed by atoms with van der Waals surface area (Å²) < 4.78 is 34.8. The third-order valence-corrected chi connectivity index (χ3v) is 8.05. The summed E-state index contributed by atoms with van der Waals surface area (Å²) in [7, 11) is 0. The molecular weight excluding hydrogens is 540 g/mol. The van der Waals surface area contributed by atoms with E-state index in [-0.39, 0.29) is 37.5 Å². The maximum atomic E-state index is 15.1. The Morgan fingerprint density at radius 3 is 2.48 bits per heavy atom. The Bertz CT molecular complexity index is 1250. The molecule has 2 heterocycles. The Labute approximate surface area is 238 Å². The molecule has 2 aromatic carbocycles. The van der Waals surface area contributed by atoms with Crippen molar-refractivity contribution in [1.29, 1.82) is 5.26 Å². The van der Waals surface area contributed by atoms with Gasteiger partial charge < -0.3 is 14.7 Å². The first-order valence-electron chi connectivity index (χ1n) is 13.5. The van der Waals surface area contributed by atoms with Crippen LogP contribution in [0.4, 0.5) is 8.78 Å². The van der Waals surface area contributed by atoms with E-state index in [0.29, 0.717) is 25.1 Å². The highest BCUT2D eigenvalue weighted by molar-refractivity contribution is 6.30. The average Bonchev–Trinajstić information content (AvgIpc) is 3.67. The Hall–Kier alpha value is -3.22. The van der Waals surface area contributed by atoms with Gasteiger partial charge in [-0.1, -0.05) is 17.7 Å². The lowest BCUT2D eigenvalue weighted by atomic mass is 9.80. The Kier molecular flexibility index (Phi) is 9.64. The molecule has 10 heteroatoms. The predicted octanol–water partition coefficient (Wildman–Crippen LogP) is 5.73. The van der Waals surface area contributed by atoms with Gasteiger partial charge in [-0.05, 0) is 79.8 Å². The van der Waals surface area contributed by atoms with E-state index < -0.39 is 23.3 Å². The third kappa shape index (κ3) is 7.29. The minimum atomic E-state index is -1.05.